The molecule has 0 aliphatic carbocycles. The summed E-state index contributed by atoms with van der Waals surface area (Å²) in [7, 11) is 2.97. The Hall–Kier alpha value is -3.34. The Bertz CT molecular complexity index is 1230. The second-order valence-electron chi connectivity index (χ2n) is 7.06. The maximum absolute atomic E-state index is 13.6. The topological polar surface area (TPSA) is 52.6 Å². The van der Waals surface area contributed by atoms with Gasteiger partial charge in [0.05, 0.1) is 25.3 Å². The van der Waals surface area contributed by atoms with Gasteiger partial charge in [-0.25, -0.2) is 0 Å². The third-order valence-electron chi connectivity index (χ3n) is 5.22. The van der Waals surface area contributed by atoms with Gasteiger partial charge >= 0.3 is 0 Å². The van der Waals surface area contributed by atoms with E-state index < -0.39 is 0 Å². The zero-order chi connectivity index (χ0) is 22.8. The number of rotatable bonds is 6. The van der Waals surface area contributed by atoms with Crippen LogP contribution in [0.2, 0.25) is 10.0 Å². The first-order chi connectivity index (χ1) is 15.4. The van der Waals surface area contributed by atoms with Crippen LogP contribution in [0.5, 0.6) is 11.5 Å². The summed E-state index contributed by atoms with van der Waals surface area (Å²) in [5, 5.41) is 2.21. The predicted octanol–water partition coefficient (Wildman–Crippen LogP) is 6.63. The minimum absolute atomic E-state index is 0.281. The van der Waals surface area contributed by atoms with Crippen molar-refractivity contribution in [2.24, 2.45) is 0 Å². The van der Waals surface area contributed by atoms with Crippen LogP contribution in [0.4, 0.5) is 0 Å². The highest BCUT2D eigenvalue weighted by Crippen LogP contribution is 2.38. The minimum atomic E-state index is -0.289. The lowest BCUT2D eigenvalue weighted by atomic mass is 9.89. The van der Waals surface area contributed by atoms with Gasteiger partial charge in [-0.2, -0.15) is 0 Å². The van der Waals surface area contributed by atoms with Gasteiger partial charge in [-0.15, -0.1) is 0 Å². The fourth-order valence-electron chi connectivity index (χ4n) is 3.66. The van der Waals surface area contributed by atoms with Crippen molar-refractivity contribution in [1.29, 1.82) is 0 Å². The van der Waals surface area contributed by atoms with Crippen molar-refractivity contribution in [3.63, 3.8) is 0 Å². The lowest BCUT2D eigenvalue weighted by molar-refractivity contribution is 0.103. The first-order valence-corrected chi connectivity index (χ1v) is 10.5. The SMILES string of the molecule is COc1ccc2ccc(OC)c(C(=O)c3ccc(Cl)cc3)c2c1C(=O)c1ccc(Cl)cc1. The highest BCUT2D eigenvalue weighted by molar-refractivity contribution is 6.31. The van der Waals surface area contributed by atoms with E-state index in [0.29, 0.717) is 43.4 Å². The van der Waals surface area contributed by atoms with Crippen LogP contribution in [0.1, 0.15) is 31.8 Å². The Balaban J connectivity index is 2.04. The molecule has 0 N–H and O–H groups in total. The number of ether oxygens (including phenoxy) is 2. The average Bonchev–Trinajstić information content (AvgIpc) is 2.82. The molecule has 4 rings (SSSR count). The summed E-state index contributed by atoms with van der Waals surface area (Å²) in [5.74, 6) is 0.136. The number of ketones is 2. The van der Waals surface area contributed by atoms with Gasteiger partial charge < -0.3 is 9.47 Å². The Morgan fingerprint density at radius 3 is 1.31 bits per heavy atom. The molecule has 160 valence electrons. The standard InChI is InChI=1S/C26H18Cl2O4/c1-31-20-13-7-15-8-14-21(32-2)24(26(30)17-5-11-19(28)12-6-17)22(15)23(20)25(29)16-3-9-18(27)10-4-16/h3-14H,1-2H3. The summed E-state index contributed by atoms with van der Waals surface area (Å²) in [6.07, 6.45) is 0. The van der Waals surface area contributed by atoms with E-state index in [0.717, 1.165) is 0 Å². The van der Waals surface area contributed by atoms with Crippen LogP contribution in [-0.2, 0) is 0 Å². The quantitative estimate of drug-likeness (QED) is 0.300. The first kappa shape index (κ1) is 21.9. The van der Waals surface area contributed by atoms with Gasteiger partial charge in [-0.1, -0.05) is 35.3 Å². The molecule has 6 heteroatoms. The molecule has 32 heavy (non-hydrogen) atoms. The fraction of sp³-hybridized carbons (Fsp3) is 0.0769. The number of hydrogen-bond acceptors (Lipinski definition) is 4. The summed E-state index contributed by atoms with van der Waals surface area (Å²) in [6.45, 7) is 0. The van der Waals surface area contributed by atoms with Crippen LogP contribution < -0.4 is 9.47 Å². The predicted molar refractivity (Wildman–Crippen MR) is 127 cm³/mol. The third-order valence-corrected chi connectivity index (χ3v) is 5.72. The molecule has 0 amide bonds. The van der Waals surface area contributed by atoms with E-state index in [1.165, 1.54) is 14.2 Å². The average molecular weight is 465 g/mol. The molecule has 4 aromatic rings. The molecule has 0 saturated carbocycles. The minimum Gasteiger partial charge on any atom is -0.496 e. The van der Waals surface area contributed by atoms with Gasteiger partial charge in [0.1, 0.15) is 11.5 Å². The van der Waals surface area contributed by atoms with E-state index >= 15 is 0 Å². The maximum Gasteiger partial charge on any atom is 0.197 e. The molecule has 4 nitrogen and oxygen atoms in total. The number of hydrogen-bond donors (Lipinski definition) is 0. The van der Waals surface area contributed by atoms with Crippen molar-refractivity contribution < 1.29 is 19.1 Å². The summed E-state index contributed by atoms with van der Waals surface area (Å²) >= 11 is 12.0. The maximum atomic E-state index is 13.6. The summed E-state index contributed by atoms with van der Waals surface area (Å²) in [5.41, 5.74) is 1.41. The van der Waals surface area contributed by atoms with Crippen molar-refractivity contribution in [2.75, 3.05) is 14.2 Å². The van der Waals surface area contributed by atoms with E-state index in [9.17, 15) is 9.59 Å². The molecule has 0 bridgehead atoms. The molecule has 0 unspecified atom stereocenters. The van der Waals surface area contributed by atoms with Crippen molar-refractivity contribution >= 4 is 45.5 Å². The van der Waals surface area contributed by atoms with E-state index in [2.05, 4.69) is 0 Å². The fourth-order valence-corrected chi connectivity index (χ4v) is 3.91. The van der Waals surface area contributed by atoms with Crippen molar-refractivity contribution in [3.8, 4) is 11.5 Å². The Morgan fingerprint density at radius 2 is 0.969 bits per heavy atom. The molecule has 0 atom stereocenters. The third kappa shape index (κ3) is 3.95. The van der Waals surface area contributed by atoms with Crippen molar-refractivity contribution in [1.82, 2.24) is 0 Å². The first-order valence-electron chi connectivity index (χ1n) is 9.73. The molecule has 4 aromatic carbocycles. The smallest absolute Gasteiger partial charge is 0.197 e. The van der Waals surface area contributed by atoms with Gasteiger partial charge in [-0.3, -0.25) is 9.59 Å². The van der Waals surface area contributed by atoms with Gasteiger partial charge in [0.25, 0.3) is 0 Å². The number of carbonyl (C=O) groups excluding carboxylic acids is 2. The zero-order valence-electron chi connectivity index (χ0n) is 17.3. The van der Waals surface area contributed by atoms with Gasteiger partial charge in [-0.05, 0) is 66.0 Å². The van der Waals surface area contributed by atoms with Crippen LogP contribution in [-0.4, -0.2) is 25.8 Å². The highest BCUT2D eigenvalue weighted by atomic mass is 35.5. The number of carbonyl (C=O) groups is 2. The summed E-state index contributed by atoms with van der Waals surface area (Å²) in [6, 6.07) is 20.2. The summed E-state index contributed by atoms with van der Waals surface area (Å²) in [4.78, 5) is 27.2. The lowest BCUT2D eigenvalue weighted by Gasteiger charge is -2.17. The largest absolute Gasteiger partial charge is 0.496 e. The molecule has 0 aromatic heterocycles. The monoisotopic (exact) mass is 464 g/mol. The van der Waals surface area contributed by atoms with Gasteiger partial charge in [0.15, 0.2) is 11.6 Å². The summed E-state index contributed by atoms with van der Waals surface area (Å²) < 4.78 is 11.1. The number of halogens is 2. The van der Waals surface area contributed by atoms with Crippen LogP contribution in [0.3, 0.4) is 0 Å². The normalized spacial score (nSPS) is 10.8. The molecular weight excluding hydrogens is 447 g/mol. The molecule has 0 radical (unpaired) electrons. The Kier molecular flexibility index (Phi) is 6.17. The van der Waals surface area contributed by atoms with E-state index in [-0.39, 0.29) is 22.7 Å². The van der Waals surface area contributed by atoms with Crippen LogP contribution in [0, 0.1) is 0 Å². The molecular formula is C26H18Cl2O4. The van der Waals surface area contributed by atoms with Crippen molar-refractivity contribution in [3.05, 3.63) is 105 Å². The second-order valence-corrected chi connectivity index (χ2v) is 7.93. The van der Waals surface area contributed by atoms with E-state index in [1.807, 2.05) is 12.1 Å². The number of fused-ring (bicyclic) bond motifs is 1. The molecule has 0 saturated heterocycles. The Labute approximate surface area is 195 Å². The highest BCUT2D eigenvalue weighted by Gasteiger charge is 2.26. The van der Waals surface area contributed by atoms with Gasteiger partial charge in [0.2, 0.25) is 0 Å². The molecule has 0 fully saturated rings. The molecule has 0 spiro atoms. The van der Waals surface area contributed by atoms with E-state index in [4.69, 9.17) is 32.7 Å². The molecule has 0 aliphatic rings. The van der Waals surface area contributed by atoms with Gasteiger partial charge in [0, 0.05) is 26.6 Å². The Morgan fingerprint density at radius 1 is 0.594 bits per heavy atom. The molecule has 0 aliphatic heterocycles. The second kappa shape index (κ2) is 9.03. The zero-order valence-corrected chi connectivity index (χ0v) is 18.8. The van der Waals surface area contributed by atoms with Crippen LogP contribution in [0.15, 0.2) is 72.8 Å². The van der Waals surface area contributed by atoms with Crippen LogP contribution >= 0.6 is 23.2 Å². The lowest BCUT2D eigenvalue weighted by Crippen LogP contribution is -2.10. The van der Waals surface area contributed by atoms with Crippen molar-refractivity contribution in [2.45, 2.75) is 0 Å². The van der Waals surface area contributed by atoms with E-state index in [1.54, 1.807) is 60.7 Å². The number of methoxy groups -OCH3 is 2. The number of benzene rings is 4. The van der Waals surface area contributed by atoms with Crippen LogP contribution in [0.25, 0.3) is 10.8 Å². The molecule has 0 heterocycles.